The first-order chi connectivity index (χ1) is 12.0. The van der Waals surface area contributed by atoms with Gasteiger partial charge in [0.1, 0.15) is 5.82 Å². The van der Waals surface area contributed by atoms with Gasteiger partial charge in [0, 0.05) is 6.42 Å². The molecule has 0 aromatic heterocycles. The van der Waals surface area contributed by atoms with Crippen molar-refractivity contribution in [3.05, 3.63) is 71.5 Å². The van der Waals surface area contributed by atoms with Crippen LogP contribution in [0.5, 0.6) is 0 Å². The maximum atomic E-state index is 13.4. The maximum absolute atomic E-state index is 13.4. The molecule has 2 aromatic rings. The second-order valence-corrected chi connectivity index (χ2v) is 5.52. The molecule has 0 heterocycles. The third-order valence-electron chi connectivity index (χ3n) is 3.90. The third-order valence-corrected chi connectivity index (χ3v) is 3.90. The van der Waals surface area contributed by atoms with E-state index in [4.69, 9.17) is 9.47 Å². The fraction of sp³-hybridized carbons (Fsp3) is 0.300. The lowest BCUT2D eigenvalue weighted by molar-refractivity contribution is -0.165. The predicted octanol–water partition coefficient (Wildman–Crippen LogP) is 3.43. The summed E-state index contributed by atoms with van der Waals surface area (Å²) in [6.45, 7) is 3.58. The molecular formula is C20H21FO4. The van der Waals surface area contributed by atoms with Crippen LogP contribution in [0, 0.1) is 5.82 Å². The molecule has 0 spiro atoms. The molecule has 0 N–H and O–H groups in total. The molecule has 0 atom stereocenters. The zero-order valence-electron chi connectivity index (χ0n) is 14.3. The van der Waals surface area contributed by atoms with Crippen molar-refractivity contribution in [3.8, 4) is 0 Å². The number of ether oxygens (including phenoxy) is 2. The van der Waals surface area contributed by atoms with Crippen molar-refractivity contribution in [1.29, 1.82) is 0 Å². The lowest BCUT2D eigenvalue weighted by atomic mass is 9.75. The van der Waals surface area contributed by atoms with E-state index in [-0.39, 0.29) is 19.6 Å². The van der Waals surface area contributed by atoms with Gasteiger partial charge in [0.05, 0.1) is 13.2 Å². The van der Waals surface area contributed by atoms with E-state index in [1.54, 1.807) is 13.8 Å². The number of hydrogen-bond donors (Lipinski definition) is 0. The minimum Gasteiger partial charge on any atom is -0.465 e. The van der Waals surface area contributed by atoms with Gasteiger partial charge in [-0.25, -0.2) is 4.39 Å². The van der Waals surface area contributed by atoms with E-state index in [9.17, 15) is 14.0 Å². The predicted molar refractivity (Wildman–Crippen MR) is 91.5 cm³/mol. The van der Waals surface area contributed by atoms with E-state index in [0.717, 1.165) is 5.56 Å². The van der Waals surface area contributed by atoms with Crippen LogP contribution in [0.2, 0.25) is 0 Å². The van der Waals surface area contributed by atoms with Gasteiger partial charge < -0.3 is 9.47 Å². The Morgan fingerprint density at radius 1 is 0.880 bits per heavy atom. The molecule has 2 rings (SSSR count). The van der Waals surface area contributed by atoms with Gasteiger partial charge in [-0.15, -0.1) is 0 Å². The van der Waals surface area contributed by atoms with E-state index in [2.05, 4.69) is 0 Å². The molecule has 132 valence electrons. The lowest BCUT2D eigenvalue weighted by Gasteiger charge is -2.29. The maximum Gasteiger partial charge on any atom is 0.328 e. The number of benzene rings is 2. The monoisotopic (exact) mass is 344 g/mol. The Hall–Kier alpha value is -2.69. The minimum atomic E-state index is -1.68. The van der Waals surface area contributed by atoms with Crippen molar-refractivity contribution in [2.45, 2.75) is 25.7 Å². The summed E-state index contributed by atoms with van der Waals surface area (Å²) in [5, 5.41) is 0. The van der Waals surface area contributed by atoms with E-state index in [0.29, 0.717) is 5.56 Å². The first-order valence-electron chi connectivity index (χ1n) is 8.19. The summed E-state index contributed by atoms with van der Waals surface area (Å²) in [4.78, 5) is 25.7. The summed E-state index contributed by atoms with van der Waals surface area (Å²) in [6.07, 6.45) is 0.0666. The van der Waals surface area contributed by atoms with E-state index >= 15 is 0 Å². The molecule has 5 heteroatoms. The van der Waals surface area contributed by atoms with Crippen LogP contribution < -0.4 is 0 Å². The first kappa shape index (κ1) is 18.6. The largest absolute Gasteiger partial charge is 0.465 e. The lowest BCUT2D eigenvalue weighted by Crippen LogP contribution is -2.48. The van der Waals surface area contributed by atoms with Crippen LogP contribution in [-0.2, 0) is 30.9 Å². The van der Waals surface area contributed by atoms with Gasteiger partial charge in [-0.05, 0) is 37.1 Å². The summed E-state index contributed by atoms with van der Waals surface area (Å²) >= 11 is 0. The van der Waals surface area contributed by atoms with Gasteiger partial charge in [0.2, 0.25) is 0 Å². The summed E-state index contributed by atoms with van der Waals surface area (Å²) < 4.78 is 23.8. The molecule has 2 aromatic carbocycles. The van der Waals surface area contributed by atoms with Crippen LogP contribution in [0.1, 0.15) is 25.0 Å². The minimum absolute atomic E-state index is 0.0666. The normalized spacial score (nSPS) is 11.0. The molecule has 0 amide bonds. The van der Waals surface area contributed by atoms with Gasteiger partial charge in [0.25, 0.3) is 0 Å². The second kappa shape index (κ2) is 8.42. The highest BCUT2D eigenvalue weighted by molar-refractivity contribution is 6.06. The number of halogens is 1. The summed E-state index contributed by atoms with van der Waals surface area (Å²) in [6, 6.07) is 14.4. The quantitative estimate of drug-likeness (QED) is 0.570. The Morgan fingerprint density at radius 2 is 1.40 bits per heavy atom. The fourth-order valence-corrected chi connectivity index (χ4v) is 2.71. The molecule has 0 bridgehead atoms. The number of carbonyl (C=O) groups excluding carboxylic acids is 2. The van der Waals surface area contributed by atoms with Crippen LogP contribution in [-0.4, -0.2) is 25.2 Å². The Labute approximate surface area is 146 Å². The zero-order valence-corrected chi connectivity index (χ0v) is 14.3. The van der Waals surface area contributed by atoms with Crippen molar-refractivity contribution >= 4 is 11.9 Å². The Bertz CT molecular complexity index is 692. The Morgan fingerprint density at radius 3 is 1.88 bits per heavy atom. The highest BCUT2D eigenvalue weighted by Crippen LogP contribution is 2.32. The molecule has 0 radical (unpaired) electrons. The van der Waals surface area contributed by atoms with Gasteiger partial charge in [0.15, 0.2) is 5.41 Å². The van der Waals surface area contributed by atoms with Crippen molar-refractivity contribution in [2.24, 2.45) is 0 Å². The van der Waals surface area contributed by atoms with Crippen molar-refractivity contribution in [1.82, 2.24) is 0 Å². The standard InChI is InChI=1S/C20H21FO4/c1-3-24-18(22)20(19(23)25-4-2,14-15-8-6-5-7-9-15)16-10-12-17(21)13-11-16/h5-13H,3-4,14H2,1-2H3. The second-order valence-electron chi connectivity index (χ2n) is 5.52. The Kier molecular flexibility index (Phi) is 6.28. The smallest absolute Gasteiger partial charge is 0.328 e. The SMILES string of the molecule is CCOC(=O)C(Cc1ccccc1)(C(=O)OCC)c1ccc(F)cc1. The van der Waals surface area contributed by atoms with Crippen LogP contribution in [0.3, 0.4) is 0 Å². The number of esters is 2. The number of hydrogen-bond acceptors (Lipinski definition) is 4. The molecule has 0 aliphatic heterocycles. The highest BCUT2D eigenvalue weighted by atomic mass is 19.1. The molecule has 0 aliphatic rings. The number of rotatable bonds is 7. The van der Waals surface area contributed by atoms with Crippen molar-refractivity contribution in [2.75, 3.05) is 13.2 Å². The Balaban J connectivity index is 2.61. The molecule has 0 unspecified atom stereocenters. The zero-order chi connectivity index (χ0) is 18.3. The fourth-order valence-electron chi connectivity index (χ4n) is 2.71. The molecular weight excluding hydrogens is 323 g/mol. The summed E-state index contributed by atoms with van der Waals surface area (Å²) in [5.74, 6) is -1.86. The van der Waals surface area contributed by atoms with Crippen LogP contribution in [0.15, 0.2) is 54.6 Å². The molecule has 4 nitrogen and oxygen atoms in total. The van der Waals surface area contributed by atoms with Gasteiger partial charge in [-0.3, -0.25) is 9.59 Å². The van der Waals surface area contributed by atoms with Gasteiger partial charge in [-0.1, -0.05) is 42.5 Å². The summed E-state index contributed by atoms with van der Waals surface area (Å²) in [5.41, 5.74) is -0.566. The highest BCUT2D eigenvalue weighted by Gasteiger charge is 2.50. The molecule has 25 heavy (non-hydrogen) atoms. The van der Waals surface area contributed by atoms with Crippen LogP contribution >= 0.6 is 0 Å². The summed E-state index contributed by atoms with van der Waals surface area (Å²) in [7, 11) is 0. The molecule has 0 saturated carbocycles. The van der Waals surface area contributed by atoms with Gasteiger partial charge in [-0.2, -0.15) is 0 Å². The average molecular weight is 344 g/mol. The molecule has 0 aliphatic carbocycles. The van der Waals surface area contributed by atoms with Gasteiger partial charge >= 0.3 is 11.9 Å². The van der Waals surface area contributed by atoms with E-state index in [1.807, 2.05) is 30.3 Å². The van der Waals surface area contributed by atoms with Crippen molar-refractivity contribution in [3.63, 3.8) is 0 Å². The average Bonchev–Trinajstić information content (AvgIpc) is 2.61. The van der Waals surface area contributed by atoms with Crippen molar-refractivity contribution < 1.29 is 23.5 Å². The molecule has 0 saturated heterocycles. The van der Waals surface area contributed by atoms with Crippen LogP contribution in [0.25, 0.3) is 0 Å². The van der Waals surface area contributed by atoms with E-state index < -0.39 is 23.2 Å². The molecule has 0 fully saturated rings. The topological polar surface area (TPSA) is 52.6 Å². The first-order valence-corrected chi connectivity index (χ1v) is 8.19. The number of carbonyl (C=O) groups is 2. The van der Waals surface area contributed by atoms with E-state index in [1.165, 1.54) is 24.3 Å². The third kappa shape index (κ3) is 4.05. The van der Waals surface area contributed by atoms with Crippen LogP contribution in [0.4, 0.5) is 4.39 Å².